The molecule has 2 heterocycles. The SMILES string of the molecule is Fc1ccccc1-c1ncnc2[nH]c(Cl)c(Br)c12. The summed E-state index contributed by atoms with van der Waals surface area (Å²) in [5.41, 5.74) is 1.49. The van der Waals surface area contributed by atoms with Crippen molar-refractivity contribution in [3.05, 3.63) is 46.0 Å². The number of aromatic amines is 1. The van der Waals surface area contributed by atoms with Gasteiger partial charge in [-0.25, -0.2) is 14.4 Å². The van der Waals surface area contributed by atoms with Crippen LogP contribution in [0.15, 0.2) is 35.1 Å². The molecule has 0 saturated heterocycles. The summed E-state index contributed by atoms with van der Waals surface area (Å²) >= 11 is 9.35. The molecule has 0 aliphatic carbocycles. The van der Waals surface area contributed by atoms with Crippen LogP contribution in [0.3, 0.4) is 0 Å². The lowest BCUT2D eigenvalue weighted by Gasteiger charge is -2.03. The molecule has 18 heavy (non-hydrogen) atoms. The number of hydrogen-bond donors (Lipinski definition) is 1. The van der Waals surface area contributed by atoms with Crippen molar-refractivity contribution in [1.82, 2.24) is 15.0 Å². The third-order valence-corrected chi connectivity index (χ3v) is 3.92. The van der Waals surface area contributed by atoms with E-state index in [0.29, 0.717) is 31.9 Å². The second kappa shape index (κ2) is 4.33. The summed E-state index contributed by atoms with van der Waals surface area (Å²) in [6.45, 7) is 0. The van der Waals surface area contributed by atoms with Gasteiger partial charge < -0.3 is 4.98 Å². The molecule has 3 rings (SSSR count). The van der Waals surface area contributed by atoms with Gasteiger partial charge in [0, 0.05) is 5.56 Å². The maximum atomic E-state index is 13.8. The molecule has 0 fully saturated rings. The van der Waals surface area contributed by atoms with Crippen LogP contribution < -0.4 is 0 Å². The Balaban J connectivity index is 2.40. The van der Waals surface area contributed by atoms with Crippen molar-refractivity contribution < 1.29 is 4.39 Å². The van der Waals surface area contributed by atoms with E-state index in [0.717, 1.165) is 0 Å². The fourth-order valence-electron chi connectivity index (χ4n) is 1.81. The fourth-order valence-corrected chi connectivity index (χ4v) is 2.47. The first-order chi connectivity index (χ1) is 8.68. The monoisotopic (exact) mass is 325 g/mol. The number of benzene rings is 1. The van der Waals surface area contributed by atoms with Gasteiger partial charge >= 0.3 is 0 Å². The fraction of sp³-hybridized carbons (Fsp3) is 0. The molecule has 1 N–H and O–H groups in total. The largest absolute Gasteiger partial charge is 0.329 e. The molecule has 3 aromatic rings. The summed E-state index contributed by atoms with van der Waals surface area (Å²) < 4.78 is 14.5. The zero-order valence-corrected chi connectivity index (χ0v) is 11.3. The smallest absolute Gasteiger partial charge is 0.143 e. The Morgan fingerprint density at radius 3 is 2.78 bits per heavy atom. The highest BCUT2D eigenvalue weighted by atomic mass is 79.9. The van der Waals surface area contributed by atoms with Gasteiger partial charge in [0.15, 0.2) is 0 Å². The highest BCUT2D eigenvalue weighted by Gasteiger charge is 2.16. The third-order valence-electron chi connectivity index (χ3n) is 2.62. The molecule has 0 atom stereocenters. The number of H-pyrrole nitrogens is 1. The summed E-state index contributed by atoms with van der Waals surface area (Å²) in [5.74, 6) is -0.332. The van der Waals surface area contributed by atoms with E-state index < -0.39 is 0 Å². The van der Waals surface area contributed by atoms with E-state index in [-0.39, 0.29) is 5.82 Å². The number of nitrogens with zero attached hydrogens (tertiary/aromatic N) is 2. The van der Waals surface area contributed by atoms with E-state index in [4.69, 9.17) is 11.6 Å². The van der Waals surface area contributed by atoms with E-state index in [1.165, 1.54) is 12.4 Å². The zero-order chi connectivity index (χ0) is 12.7. The summed E-state index contributed by atoms with van der Waals surface area (Å²) in [6, 6.07) is 6.46. The van der Waals surface area contributed by atoms with E-state index in [9.17, 15) is 4.39 Å². The number of aromatic nitrogens is 3. The predicted octanol–water partition coefficient (Wildman–Crippen LogP) is 4.18. The van der Waals surface area contributed by atoms with Gasteiger partial charge in [0.25, 0.3) is 0 Å². The minimum atomic E-state index is -0.332. The van der Waals surface area contributed by atoms with Gasteiger partial charge in [-0.3, -0.25) is 0 Å². The first-order valence-electron chi connectivity index (χ1n) is 5.11. The number of hydrogen-bond acceptors (Lipinski definition) is 2. The summed E-state index contributed by atoms with van der Waals surface area (Å²) in [6.07, 6.45) is 1.38. The molecule has 0 saturated carbocycles. The number of rotatable bonds is 1. The third kappa shape index (κ3) is 1.71. The molecule has 1 aromatic carbocycles. The second-order valence-corrected chi connectivity index (χ2v) is 4.85. The average Bonchev–Trinajstić information content (AvgIpc) is 2.66. The number of halogens is 3. The van der Waals surface area contributed by atoms with Crippen molar-refractivity contribution in [2.45, 2.75) is 0 Å². The predicted molar refractivity (Wildman–Crippen MR) is 72.0 cm³/mol. The molecule has 0 bridgehead atoms. The first kappa shape index (κ1) is 11.6. The Hall–Kier alpha value is -1.46. The highest BCUT2D eigenvalue weighted by molar-refractivity contribution is 9.10. The molecular weight excluding hydrogens is 321 g/mol. The van der Waals surface area contributed by atoms with Crippen LogP contribution >= 0.6 is 27.5 Å². The molecule has 0 spiro atoms. The maximum Gasteiger partial charge on any atom is 0.143 e. The molecule has 3 nitrogen and oxygen atoms in total. The normalized spacial score (nSPS) is 11.1. The van der Waals surface area contributed by atoms with Crippen LogP contribution in [0.25, 0.3) is 22.3 Å². The van der Waals surface area contributed by atoms with Crippen LogP contribution in [-0.2, 0) is 0 Å². The van der Waals surface area contributed by atoms with Crippen LogP contribution in [0.2, 0.25) is 5.15 Å². The van der Waals surface area contributed by atoms with Crippen molar-refractivity contribution in [3.8, 4) is 11.3 Å². The van der Waals surface area contributed by atoms with Gasteiger partial charge in [-0.1, -0.05) is 23.7 Å². The molecule has 2 aromatic heterocycles. The Bertz CT molecular complexity index is 741. The van der Waals surface area contributed by atoms with E-state index in [1.807, 2.05) is 0 Å². The number of nitrogens with one attached hydrogen (secondary N) is 1. The van der Waals surface area contributed by atoms with Crippen molar-refractivity contribution in [2.75, 3.05) is 0 Å². The minimum absolute atomic E-state index is 0.332. The van der Waals surface area contributed by atoms with Crippen LogP contribution in [0, 0.1) is 5.82 Å². The average molecular weight is 327 g/mol. The van der Waals surface area contributed by atoms with Crippen molar-refractivity contribution in [2.24, 2.45) is 0 Å². The molecule has 0 amide bonds. The van der Waals surface area contributed by atoms with Crippen molar-refractivity contribution in [3.63, 3.8) is 0 Å². The van der Waals surface area contributed by atoms with Crippen LogP contribution in [0.4, 0.5) is 4.39 Å². The highest BCUT2D eigenvalue weighted by Crippen LogP contribution is 2.36. The minimum Gasteiger partial charge on any atom is -0.329 e. The van der Waals surface area contributed by atoms with E-state index in [2.05, 4.69) is 30.9 Å². The Kier molecular flexibility index (Phi) is 2.80. The van der Waals surface area contributed by atoms with E-state index in [1.54, 1.807) is 18.2 Å². The first-order valence-corrected chi connectivity index (χ1v) is 6.28. The van der Waals surface area contributed by atoms with Crippen LogP contribution in [0.1, 0.15) is 0 Å². The molecule has 0 aliphatic rings. The summed E-state index contributed by atoms with van der Waals surface area (Å²) in [4.78, 5) is 11.1. The Morgan fingerprint density at radius 1 is 1.22 bits per heavy atom. The van der Waals surface area contributed by atoms with Gasteiger partial charge in [0.1, 0.15) is 22.9 Å². The van der Waals surface area contributed by atoms with Crippen molar-refractivity contribution >= 4 is 38.6 Å². The molecular formula is C12H6BrClFN3. The lowest BCUT2D eigenvalue weighted by atomic mass is 10.1. The van der Waals surface area contributed by atoms with Gasteiger partial charge in [0.2, 0.25) is 0 Å². The van der Waals surface area contributed by atoms with Gasteiger partial charge in [-0.05, 0) is 28.1 Å². The van der Waals surface area contributed by atoms with Gasteiger partial charge in [0.05, 0.1) is 15.6 Å². The van der Waals surface area contributed by atoms with Gasteiger partial charge in [-0.2, -0.15) is 0 Å². The topological polar surface area (TPSA) is 41.6 Å². The number of fused-ring (bicyclic) bond motifs is 1. The lowest BCUT2D eigenvalue weighted by Crippen LogP contribution is -1.90. The van der Waals surface area contributed by atoms with Crippen molar-refractivity contribution in [1.29, 1.82) is 0 Å². The van der Waals surface area contributed by atoms with Crippen LogP contribution in [0.5, 0.6) is 0 Å². The summed E-state index contributed by atoms with van der Waals surface area (Å²) in [7, 11) is 0. The molecule has 0 unspecified atom stereocenters. The quantitative estimate of drug-likeness (QED) is 0.729. The Labute approximate surface area is 115 Å². The van der Waals surface area contributed by atoms with Crippen LogP contribution in [-0.4, -0.2) is 15.0 Å². The standard InChI is InChI=1S/C12H6BrClFN3/c13-9-8-10(6-3-1-2-4-7(6)15)16-5-17-12(8)18-11(9)14/h1-5H,(H,16,17,18). The molecule has 0 radical (unpaired) electrons. The molecule has 6 heteroatoms. The zero-order valence-electron chi connectivity index (χ0n) is 8.92. The lowest BCUT2D eigenvalue weighted by molar-refractivity contribution is 0.631. The Morgan fingerprint density at radius 2 is 2.00 bits per heavy atom. The van der Waals surface area contributed by atoms with Gasteiger partial charge in [-0.15, -0.1) is 0 Å². The molecule has 90 valence electrons. The second-order valence-electron chi connectivity index (χ2n) is 3.68. The summed E-state index contributed by atoms with van der Waals surface area (Å²) in [5, 5.41) is 1.09. The van der Waals surface area contributed by atoms with E-state index >= 15 is 0 Å². The maximum absolute atomic E-state index is 13.8. The molecule has 0 aliphatic heterocycles.